The smallest absolute Gasteiger partial charge is 0.124 e. The third kappa shape index (κ3) is 2.87. The number of nitrogens with zero attached hydrogens (tertiary/aromatic N) is 1. The van der Waals surface area contributed by atoms with Crippen molar-refractivity contribution in [3.63, 3.8) is 0 Å². The summed E-state index contributed by atoms with van der Waals surface area (Å²) in [6.45, 7) is 0. The molecule has 0 saturated carbocycles. The predicted molar refractivity (Wildman–Crippen MR) is 68.0 cm³/mol. The number of hydrogen-bond acceptors (Lipinski definition) is 3. The lowest BCUT2D eigenvalue weighted by Gasteiger charge is -1.96. The maximum Gasteiger partial charge on any atom is 0.124 e. The number of para-hydroxylation sites is 1. The van der Waals surface area contributed by atoms with Crippen LogP contribution in [0.1, 0.15) is 5.56 Å². The number of aromatic hydroxyl groups is 1. The minimum atomic E-state index is 0.250. The van der Waals surface area contributed by atoms with E-state index in [2.05, 4.69) is 4.40 Å². The Hall–Kier alpha value is -1.74. The molecular weight excluding hydrogens is 218 g/mol. The van der Waals surface area contributed by atoms with Crippen molar-refractivity contribution in [2.24, 2.45) is 4.40 Å². The van der Waals surface area contributed by atoms with E-state index in [1.165, 1.54) is 11.9 Å². The van der Waals surface area contributed by atoms with Gasteiger partial charge in [0.05, 0.1) is 0 Å². The molecule has 0 saturated heterocycles. The van der Waals surface area contributed by atoms with Gasteiger partial charge >= 0.3 is 0 Å². The van der Waals surface area contributed by atoms with Gasteiger partial charge in [-0.1, -0.05) is 30.3 Å². The van der Waals surface area contributed by atoms with Crippen LogP contribution in [0.25, 0.3) is 0 Å². The summed E-state index contributed by atoms with van der Waals surface area (Å²) in [7, 11) is 0. The summed E-state index contributed by atoms with van der Waals surface area (Å²) in [6.07, 6.45) is 1.66. The summed E-state index contributed by atoms with van der Waals surface area (Å²) in [5.41, 5.74) is 0.728. The molecule has 0 aromatic heterocycles. The van der Waals surface area contributed by atoms with Crippen molar-refractivity contribution < 1.29 is 5.11 Å². The summed E-state index contributed by atoms with van der Waals surface area (Å²) >= 11 is 1.38. The molecule has 3 heteroatoms. The molecule has 16 heavy (non-hydrogen) atoms. The molecule has 0 amide bonds. The zero-order valence-corrected chi connectivity index (χ0v) is 9.39. The van der Waals surface area contributed by atoms with Gasteiger partial charge in [0.2, 0.25) is 0 Å². The first-order valence-electron chi connectivity index (χ1n) is 4.90. The largest absolute Gasteiger partial charge is 0.507 e. The fourth-order valence-electron chi connectivity index (χ4n) is 1.22. The highest BCUT2D eigenvalue weighted by Gasteiger charge is 1.94. The summed E-state index contributed by atoms with van der Waals surface area (Å²) < 4.78 is 4.20. The lowest BCUT2D eigenvalue weighted by molar-refractivity contribution is 0.474. The molecule has 0 bridgehead atoms. The summed E-state index contributed by atoms with van der Waals surface area (Å²) in [5, 5.41) is 9.51. The molecule has 0 radical (unpaired) electrons. The Morgan fingerprint density at radius 3 is 2.38 bits per heavy atom. The van der Waals surface area contributed by atoms with Crippen LogP contribution in [0, 0.1) is 0 Å². The molecule has 80 valence electrons. The summed E-state index contributed by atoms with van der Waals surface area (Å²) in [4.78, 5) is 1.08. The standard InChI is InChI=1S/C13H11NOS/c15-13-9-5-4-6-11(13)10-14-16-12-7-2-1-3-8-12/h1-10,15H. The number of rotatable bonds is 3. The predicted octanol–water partition coefficient (Wildman–Crippen LogP) is 3.52. The SMILES string of the molecule is Oc1ccccc1C=NSc1ccccc1. The normalized spacial score (nSPS) is 10.8. The van der Waals surface area contributed by atoms with Crippen LogP contribution in [0.2, 0.25) is 0 Å². The van der Waals surface area contributed by atoms with Gasteiger partial charge in [-0.05, 0) is 24.3 Å². The Balaban J connectivity index is 2.03. The highest BCUT2D eigenvalue weighted by atomic mass is 32.2. The lowest BCUT2D eigenvalue weighted by Crippen LogP contribution is -1.79. The Morgan fingerprint density at radius 1 is 0.938 bits per heavy atom. The van der Waals surface area contributed by atoms with E-state index in [0.717, 1.165) is 10.5 Å². The molecule has 0 aliphatic carbocycles. The molecule has 0 fully saturated rings. The van der Waals surface area contributed by atoms with Crippen molar-refractivity contribution in [1.29, 1.82) is 0 Å². The zero-order valence-electron chi connectivity index (χ0n) is 8.58. The fourth-order valence-corrected chi connectivity index (χ4v) is 1.79. The second-order valence-corrected chi connectivity index (χ2v) is 4.06. The minimum Gasteiger partial charge on any atom is -0.507 e. The van der Waals surface area contributed by atoms with E-state index < -0.39 is 0 Å². The van der Waals surface area contributed by atoms with E-state index in [1.54, 1.807) is 18.3 Å². The van der Waals surface area contributed by atoms with E-state index in [-0.39, 0.29) is 5.75 Å². The Kier molecular flexibility index (Phi) is 3.62. The molecule has 0 unspecified atom stereocenters. The van der Waals surface area contributed by atoms with Gasteiger partial charge in [0.1, 0.15) is 5.75 Å². The van der Waals surface area contributed by atoms with Gasteiger partial charge in [-0.2, -0.15) is 0 Å². The Labute approximate surface area is 98.8 Å². The molecule has 0 spiro atoms. The molecular formula is C13H11NOS. The maximum atomic E-state index is 9.51. The molecule has 0 aliphatic heterocycles. The van der Waals surface area contributed by atoms with Crippen molar-refractivity contribution >= 4 is 18.2 Å². The van der Waals surface area contributed by atoms with Crippen molar-refractivity contribution in [3.8, 4) is 5.75 Å². The lowest BCUT2D eigenvalue weighted by atomic mass is 10.2. The van der Waals surface area contributed by atoms with Crippen LogP contribution in [-0.2, 0) is 0 Å². The van der Waals surface area contributed by atoms with Crippen LogP contribution in [-0.4, -0.2) is 11.3 Å². The van der Waals surface area contributed by atoms with Crippen LogP contribution in [0.4, 0.5) is 0 Å². The number of benzene rings is 2. The van der Waals surface area contributed by atoms with Crippen molar-refractivity contribution in [2.45, 2.75) is 4.90 Å². The van der Waals surface area contributed by atoms with Crippen LogP contribution in [0.5, 0.6) is 5.75 Å². The first-order chi connectivity index (χ1) is 7.86. The van der Waals surface area contributed by atoms with Gasteiger partial charge in [0.25, 0.3) is 0 Å². The highest BCUT2D eigenvalue weighted by Crippen LogP contribution is 2.19. The van der Waals surface area contributed by atoms with Crippen molar-refractivity contribution in [2.75, 3.05) is 0 Å². The zero-order chi connectivity index (χ0) is 11.2. The molecule has 0 heterocycles. The Bertz CT molecular complexity index is 482. The number of phenols is 1. The molecule has 2 aromatic carbocycles. The second-order valence-electron chi connectivity index (χ2n) is 3.20. The molecule has 2 nitrogen and oxygen atoms in total. The van der Waals surface area contributed by atoms with Crippen LogP contribution in [0.15, 0.2) is 63.9 Å². The molecule has 1 N–H and O–H groups in total. The minimum absolute atomic E-state index is 0.250. The van der Waals surface area contributed by atoms with Crippen LogP contribution >= 0.6 is 11.9 Å². The number of hydrogen-bond donors (Lipinski definition) is 1. The summed E-state index contributed by atoms with van der Waals surface area (Å²) in [6, 6.07) is 17.0. The van der Waals surface area contributed by atoms with Crippen LogP contribution in [0.3, 0.4) is 0 Å². The average Bonchev–Trinajstić information content (AvgIpc) is 2.33. The van der Waals surface area contributed by atoms with Gasteiger partial charge in [-0.15, -0.1) is 0 Å². The fraction of sp³-hybridized carbons (Fsp3) is 0. The first kappa shape index (κ1) is 10.8. The second kappa shape index (κ2) is 5.37. The van der Waals surface area contributed by atoms with E-state index in [1.807, 2.05) is 42.5 Å². The van der Waals surface area contributed by atoms with Gasteiger partial charge in [0.15, 0.2) is 0 Å². The maximum absolute atomic E-state index is 9.51. The molecule has 0 aliphatic rings. The van der Waals surface area contributed by atoms with Crippen LogP contribution < -0.4 is 0 Å². The Morgan fingerprint density at radius 2 is 1.62 bits per heavy atom. The topological polar surface area (TPSA) is 32.6 Å². The van der Waals surface area contributed by atoms with Gasteiger partial charge in [-0.25, -0.2) is 4.40 Å². The molecule has 2 aromatic rings. The third-order valence-corrected chi connectivity index (χ3v) is 2.72. The highest BCUT2D eigenvalue weighted by molar-refractivity contribution is 7.98. The first-order valence-corrected chi connectivity index (χ1v) is 5.67. The number of phenolic OH excluding ortho intramolecular Hbond substituents is 1. The third-order valence-electron chi connectivity index (χ3n) is 2.03. The summed E-state index contributed by atoms with van der Waals surface area (Å²) in [5.74, 6) is 0.250. The molecule has 2 rings (SSSR count). The average molecular weight is 229 g/mol. The van der Waals surface area contributed by atoms with E-state index in [0.29, 0.717) is 0 Å². The van der Waals surface area contributed by atoms with Crippen molar-refractivity contribution in [1.82, 2.24) is 0 Å². The van der Waals surface area contributed by atoms with Gasteiger partial charge in [0, 0.05) is 28.6 Å². The molecule has 0 atom stereocenters. The monoisotopic (exact) mass is 229 g/mol. The quantitative estimate of drug-likeness (QED) is 0.645. The van der Waals surface area contributed by atoms with E-state index in [4.69, 9.17) is 0 Å². The van der Waals surface area contributed by atoms with Crippen molar-refractivity contribution in [3.05, 3.63) is 60.2 Å². The van der Waals surface area contributed by atoms with Gasteiger partial charge in [-0.3, -0.25) is 0 Å². The van der Waals surface area contributed by atoms with Gasteiger partial charge < -0.3 is 5.11 Å². The van der Waals surface area contributed by atoms with E-state index in [9.17, 15) is 5.11 Å². The van der Waals surface area contributed by atoms with E-state index >= 15 is 0 Å².